The molecule has 3 N–H and O–H groups in total. The lowest BCUT2D eigenvalue weighted by molar-refractivity contribution is -0.146. The first-order valence-electron chi connectivity index (χ1n) is 14.7. The molecule has 1 aromatic rings. The Morgan fingerprint density at radius 2 is 2.07 bits per heavy atom. The number of nitrogens with one attached hydrogen (secondary N) is 1. The summed E-state index contributed by atoms with van der Waals surface area (Å²) in [6, 6.07) is 2.42. The topological polar surface area (TPSA) is 125 Å². The van der Waals surface area contributed by atoms with Crippen LogP contribution in [-0.4, -0.2) is 78.3 Å². The number of amides is 2. The lowest BCUT2D eigenvalue weighted by atomic mass is 9.45. The molecule has 222 valence electrons. The van der Waals surface area contributed by atoms with Crippen LogP contribution < -0.4 is 14.8 Å². The van der Waals surface area contributed by atoms with Crippen molar-refractivity contribution in [2.75, 3.05) is 26.8 Å². The first kappa shape index (κ1) is 29.3. The lowest BCUT2D eigenvalue weighted by Crippen LogP contribution is -2.59. The Balaban J connectivity index is 1.55. The SMILES string of the molecule is C=CCCC(=O)N(CC1CCC2CC1C2(C)C)C1C=C(C(=O)NCCO)C2c3cc(C=O)cc(OC)c3OC2C1O. The molecular formula is C32H42N2O7. The van der Waals surface area contributed by atoms with Gasteiger partial charge in [0.05, 0.1) is 25.7 Å². The molecule has 0 spiro atoms. The number of aldehydes is 1. The number of fused-ring (bicyclic) bond motifs is 5. The van der Waals surface area contributed by atoms with Crippen LogP contribution >= 0.6 is 0 Å². The molecule has 7 atom stereocenters. The van der Waals surface area contributed by atoms with Gasteiger partial charge in [-0.2, -0.15) is 0 Å². The smallest absolute Gasteiger partial charge is 0.247 e. The number of ether oxygens (including phenoxy) is 2. The van der Waals surface area contributed by atoms with E-state index in [1.807, 2.05) is 0 Å². The van der Waals surface area contributed by atoms with Gasteiger partial charge in [0.15, 0.2) is 11.5 Å². The summed E-state index contributed by atoms with van der Waals surface area (Å²) < 4.78 is 11.8. The van der Waals surface area contributed by atoms with E-state index in [1.54, 1.807) is 29.2 Å². The second-order valence-electron chi connectivity index (χ2n) is 12.5. The fourth-order valence-electron chi connectivity index (χ4n) is 7.75. The van der Waals surface area contributed by atoms with Gasteiger partial charge in [-0.25, -0.2) is 0 Å². The molecule has 1 aliphatic heterocycles. The van der Waals surface area contributed by atoms with Crippen LogP contribution in [0.25, 0.3) is 0 Å². The second-order valence-corrected chi connectivity index (χ2v) is 12.5. The quantitative estimate of drug-likeness (QED) is 0.278. The highest BCUT2D eigenvalue weighted by Crippen LogP contribution is 2.61. The minimum atomic E-state index is -1.13. The third-order valence-electron chi connectivity index (χ3n) is 10.1. The van der Waals surface area contributed by atoms with E-state index in [4.69, 9.17) is 9.47 Å². The van der Waals surface area contributed by atoms with Crippen LogP contribution in [0.5, 0.6) is 11.5 Å². The minimum Gasteiger partial charge on any atom is -0.493 e. The normalized spacial score (nSPS) is 30.5. The van der Waals surface area contributed by atoms with Crippen LogP contribution in [0.4, 0.5) is 0 Å². The highest BCUT2D eigenvalue weighted by molar-refractivity contribution is 5.96. The van der Waals surface area contributed by atoms with Crippen molar-refractivity contribution in [3.8, 4) is 11.5 Å². The largest absolute Gasteiger partial charge is 0.493 e. The Morgan fingerprint density at radius 1 is 1.29 bits per heavy atom. The van der Waals surface area contributed by atoms with E-state index in [9.17, 15) is 24.6 Å². The minimum absolute atomic E-state index is 0.0498. The monoisotopic (exact) mass is 566 g/mol. The van der Waals surface area contributed by atoms with Crippen molar-refractivity contribution >= 4 is 18.1 Å². The molecule has 4 aliphatic carbocycles. The number of methoxy groups -OCH3 is 1. The van der Waals surface area contributed by atoms with Gasteiger partial charge < -0.3 is 29.9 Å². The Labute approximate surface area is 241 Å². The molecule has 0 aromatic heterocycles. The number of nitrogens with zero attached hydrogens (tertiary/aromatic N) is 1. The number of rotatable bonds is 11. The fourth-order valence-corrected chi connectivity index (χ4v) is 7.75. The van der Waals surface area contributed by atoms with Crippen molar-refractivity contribution in [3.05, 3.63) is 47.6 Å². The van der Waals surface area contributed by atoms with Crippen molar-refractivity contribution in [1.29, 1.82) is 0 Å². The molecule has 6 rings (SSSR count). The van der Waals surface area contributed by atoms with E-state index in [-0.39, 0.29) is 30.9 Å². The third kappa shape index (κ3) is 5.07. The zero-order valence-corrected chi connectivity index (χ0v) is 24.2. The number of hydrogen-bond acceptors (Lipinski definition) is 7. The van der Waals surface area contributed by atoms with Crippen molar-refractivity contribution < 1.29 is 34.1 Å². The van der Waals surface area contributed by atoms with Gasteiger partial charge in [-0.05, 0) is 67.1 Å². The maximum atomic E-state index is 13.7. The van der Waals surface area contributed by atoms with Crippen molar-refractivity contribution in [2.45, 2.75) is 70.1 Å². The van der Waals surface area contributed by atoms with Crippen LogP contribution in [0.2, 0.25) is 0 Å². The molecule has 9 nitrogen and oxygen atoms in total. The molecule has 3 saturated carbocycles. The van der Waals surface area contributed by atoms with Gasteiger partial charge in [-0.1, -0.05) is 19.9 Å². The molecule has 0 saturated heterocycles. The third-order valence-corrected chi connectivity index (χ3v) is 10.1. The Hall–Kier alpha value is -3.17. The molecular weight excluding hydrogens is 524 g/mol. The number of carbonyl (C=O) groups is 3. The van der Waals surface area contributed by atoms with Crippen LogP contribution in [0.1, 0.15) is 67.8 Å². The van der Waals surface area contributed by atoms with E-state index in [0.29, 0.717) is 65.2 Å². The van der Waals surface area contributed by atoms with Gasteiger partial charge in [0, 0.05) is 36.2 Å². The van der Waals surface area contributed by atoms with E-state index in [0.717, 1.165) is 19.3 Å². The highest BCUT2D eigenvalue weighted by atomic mass is 16.5. The number of benzene rings is 1. The average Bonchev–Trinajstić information content (AvgIpc) is 3.37. The van der Waals surface area contributed by atoms with Gasteiger partial charge in [0.1, 0.15) is 18.5 Å². The number of aliphatic hydroxyl groups excluding tert-OH is 2. The summed E-state index contributed by atoms with van der Waals surface area (Å²) in [5.74, 6) is 1.01. The molecule has 2 amide bonds. The molecule has 1 aromatic carbocycles. The van der Waals surface area contributed by atoms with Crippen LogP contribution in [-0.2, 0) is 9.59 Å². The predicted octanol–water partition coefficient (Wildman–Crippen LogP) is 3.00. The summed E-state index contributed by atoms with van der Waals surface area (Å²) in [5.41, 5.74) is 1.48. The second kappa shape index (κ2) is 11.6. The summed E-state index contributed by atoms with van der Waals surface area (Å²) in [6.07, 6.45) is 6.16. The first-order chi connectivity index (χ1) is 19.7. The van der Waals surface area contributed by atoms with E-state index >= 15 is 0 Å². The predicted molar refractivity (Wildman–Crippen MR) is 153 cm³/mol. The Kier molecular flexibility index (Phi) is 8.30. The molecule has 5 aliphatic rings. The van der Waals surface area contributed by atoms with Gasteiger partial charge in [-0.3, -0.25) is 14.4 Å². The maximum absolute atomic E-state index is 13.7. The lowest BCUT2D eigenvalue weighted by Gasteiger charge is -2.61. The van der Waals surface area contributed by atoms with Gasteiger partial charge >= 0.3 is 0 Å². The zero-order chi connectivity index (χ0) is 29.5. The summed E-state index contributed by atoms with van der Waals surface area (Å²) in [4.78, 5) is 40.7. The highest BCUT2D eigenvalue weighted by Gasteiger charge is 2.56. The number of allylic oxidation sites excluding steroid dienone is 1. The van der Waals surface area contributed by atoms with Gasteiger partial charge in [0.2, 0.25) is 11.8 Å². The maximum Gasteiger partial charge on any atom is 0.247 e. The summed E-state index contributed by atoms with van der Waals surface area (Å²) in [6.45, 7) is 8.71. The summed E-state index contributed by atoms with van der Waals surface area (Å²) >= 11 is 0. The van der Waals surface area contributed by atoms with Crippen LogP contribution in [0, 0.1) is 23.2 Å². The Bertz CT molecular complexity index is 1240. The van der Waals surface area contributed by atoms with Crippen LogP contribution in [0.15, 0.2) is 36.4 Å². The van der Waals surface area contributed by atoms with Crippen molar-refractivity contribution in [2.24, 2.45) is 23.2 Å². The number of aliphatic hydroxyl groups is 2. The molecule has 1 heterocycles. The Morgan fingerprint density at radius 3 is 2.71 bits per heavy atom. The van der Waals surface area contributed by atoms with E-state index < -0.39 is 30.1 Å². The van der Waals surface area contributed by atoms with E-state index in [1.165, 1.54) is 7.11 Å². The molecule has 2 bridgehead atoms. The molecule has 41 heavy (non-hydrogen) atoms. The van der Waals surface area contributed by atoms with E-state index in [2.05, 4.69) is 25.7 Å². The van der Waals surface area contributed by atoms with Gasteiger partial charge in [0.25, 0.3) is 0 Å². The molecule has 3 fully saturated rings. The molecule has 9 heteroatoms. The number of hydrogen-bond donors (Lipinski definition) is 3. The van der Waals surface area contributed by atoms with Crippen molar-refractivity contribution in [1.82, 2.24) is 10.2 Å². The standard InChI is InChI=1S/C32H42N2O7/c1-5-6-7-26(37)34(16-19-8-9-20-14-23(19)32(20,2)3)24-15-22(31(39)33-10-11-35)27-21-12-18(17-36)13-25(40-4)29(21)41-30(27)28(24)38/h5,12-13,15,17,19-20,23-24,27-28,30,35,38H,1,6-11,14,16H2,2-4H3,(H,33,39). The average molecular weight is 567 g/mol. The van der Waals surface area contributed by atoms with Crippen molar-refractivity contribution in [3.63, 3.8) is 0 Å². The summed E-state index contributed by atoms with van der Waals surface area (Å²) in [5, 5.41) is 24.0. The van der Waals surface area contributed by atoms with Gasteiger partial charge in [-0.15, -0.1) is 6.58 Å². The molecule has 7 unspecified atom stereocenters. The molecule has 0 radical (unpaired) electrons. The summed E-state index contributed by atoms with van der Waals surface area (Å²) in [7, 11) is 1.47. The van der Waals surface area contributed by atoms with Crippen LogP contribution in [0.3, 0.4) is 0 Å². The zero-order valence-electron chi connectivity index (χ0n) is 24.2. The first-order valence-corrected chi connectivity index (χ1v) is 14.7. The fraction of sp³-hybridized carbons (Fsp3) is 0.594. The number of carbonyl (C=O) groups excluding carboxylic acids is 3.